The SMILES string of the molecule is COc1ccc(F)c(NC(=O)c2cc(C)nc(N)c2)c1. The van der Waals surface area contributed by atoms with Gasteiger partial charge >= 0.3 is 0 Å². The Balaban J connectivity index is 2.27. The van der Waals surface area contributed by atoms with Crippen LogP contribution in [0.1, 0.15) is 16.1 Å². The molecule has 0 aliphatic heterocycles. The maximum absolute atomic E-state index is 13.6. The average molecular weight is 275 g/mol. The molecule has 2 rings (SSSR count). The normalized spacial score (nSPS) is 10.2. The molecular formula is C14H14FN3O2. The summed E-state index contributed by atoms with van der Waals surface area (Å²) in [6.07, 6.45) is 0. The number of halogens is 1. The van der Waals surface area contributed by atoms with Gasteiger partial charge in [-0.25, -0.2) is 9.37 Å². The van der Waals surface area contributed by atoms with Crippen molar-refractivity contribution in [3.63, 3.8) is 0 Å². The molecule has 0 aliphatic rings. The van der Waals surface area contributed by atoms with Gasteiger partial charge in [0, 0.05) is 17.3 Å². The first-order chi connectivity index (χ1) is 9.49. The second-order valence-electron chi connectivity index (χ2n) is 4.22. The van der Waals surface area contributed by atoms with Crippen LogP contribution >= 0.6 is 0 Å². The quantitative estimate of drug-likeness (QED) is 0.901. The van der Waals surface area contributed by atoms with Gasteiger partial charge in [-0.1, -0.05) is 0 Å². The molecule has 0 saturated carbocycles. The van der Waals surface area contributed by atoms with Crippen molar-refractivity contribution in [3.8, 4) is 5.75 Å². The van der Waals surface area contributed by atoms with E-state index >= 15 is 0 Å². The summed E-state index contributed by atoms with van der Waals surface area (Å²) >= 11 is 0. The Kier molecular flexibility index (Phi) is 3.84. The minimum atomic E-state index is -0.544. The summed E-state index contributed by atoms with van der Waals surface area (Å²) < 4.78 is 18.6. The monoisotopic (exact) mass is 275 g/mol. The molecule has 0 saturated heterocycles. The second kappa shape index (κ2) is 5.56. The Bertz CT molecular complexity index is 639. The first-order valence-corrected chi connectivity index (χ1v) is 5.88. The Hall–Kier alpha value is -2.63. The van der Waals surface area contributed by atoms with E-state index in [1.807, 2.05) is 0 Å². The highest BCUT2D eigenvalue weighted by Gasteiger charge is 2.11. The van der Waals surface area contributed by atoms with E-state index < -0.39 is 11.7 Å². The summed E-state index contributed by atoms with van der Waals surface area (Å²) in [4.78, 5) is 16.0. The van der Waals surface area contributed by atoms with E-state index in [1.54, 1.807) is 13.0 Å². The summed E-state index contributed by atoms with van der Waals surface area (Å²) in [5.41, 5.74) is 6.55. The zero-order chi connectivity index (χ0) is 14.7. The van der Waals surface area contributed by atoms with Crippen molar-refractivity contribution in [2.24, 2.45) is 0 Å². The maximum Gasteiger partial charge on any atom is 0.255 e. The molecule has 1 aromatic carbocycles. The molecule has 3 N–H and O–H groups in total. The third-order valence-electron chi connectivity index (χ3n) is 2.66. The van der Waals surface area contributed by atoms with E-state index in [-0.39, 0.29) is 11.5 Å². The Morgan fingerprint density at radius 2 is 2.10 bits per heavy atom. The van der Waals surface area contributed by atoms with Gasteiger partial charge in [0.2, 0.25) is 0 Å². The number of methoxy groups -OCH3 is 1. The van der Waals surface area contributed by atoms with E-state index in [0.717, 1.165) is 0 Å². The van der Waals surface area contributed by atoms with Gasteiger partial charge in [0.25, 0.3) is 5.91 Å². The van der Waals surface area contributed by atoms with Gasteiger partial charge in [0.05, 0.1) is 12.8 Å². The lowest BCUT2D eigenvalue weighted by Crippen LogP contribution is -2.14. The van der Waals surface area contributed by atoms with Crippen LogP contribution in [-0.2, 0) is 0 Å². The van der Waals surface area contributed by atoms with Crippen molar-refractivity contribution in [3.05, 3.63) is 47.4 Å². The minimum absolute atomic E-state index is 0.0439. The molecular weight excluding hydrogens is 261 g/mol. The van der Waals surface area contributed by atoms with E-state index in [1.165, 1.54) is 31.4 Å². The van der Waals surface area contributed by atoms with Crippen molar-refractivity contribution < 1.29 is 13.9 Å². The molecule has 0 unspecified atom stereocenters. The number of ether oxygens (including phenoxy) is 1. The predicted octanol–water partition coefficient (Wildman–Crippen LogP) is 2.37. The summed E-state index contributed by atoms with van der Waals surface area (Å²) in [7, 11) is 1.46. The van der Waals surface area contributed by atoms with Crippen LogP contribution in [0.2, 0.25) is 0 Å². The molecule has 2 aromatic rings. The van der Waals surface area contributed by atoms with Crippen LogP contribution in [-0.4, -0.2) is 18.0 Å². The lowest BCUT2D eigenvalue weighted by atomic mass is 10.2. The minimum Gasteiger partial charge on any atom is -0.497 e. The number of nitrogens with one attached hydrogen (secondary N) is 1. The Morgan fingerprint density at radius 3 is 2.75 bits per heavy atom. The highest BCUT2D eigenvalue weighted by molar-refractivity contribution is 6.04. The van der Waals surface area contributed by atoms with Crippen LogP contribution in [0.5, 0.6) is 5.75 Å². The van der Waals surface area contributed by atoms with Gasteiger partial charge in [-0.2, -0.15) is 0 Å². The predicted molar refractivity (Wildman–Crippen MR) is 74.3 cm³/mol. The first kappa shape index (κ1) is 13.8. The zero-order valence-corrected chi connectivity index (χ0v) is 11.1. The number of benzene rings is 1. The lowest BCUT2D eigenvalue weighted by Gasteiger charge is -2.09. The van der Waals surface area contributed by atoms with Gasteiger partial charge < -0.3 is 15.8 Å². The first-order valence-electron chi connectivity index (χ1n) is 5.88. The number of amides is 1. The molecule has 1 aromatic heterocycles. The molecule has 0 aliphatic carbocycles. The lowest BCUT2D eigenvalue weighted by molar-refractivity contribution is 0.102. The van der Waals surface area contributed by atoms with E-state index in [9.17, 15) is 9.18 Å². The van der Waals surface area contributed by atoms with Crippen molar-refractivity contribution in [1.29, 1.82) is 0 Å². The molecule has 6 heteroatoms. The number of carbonyl (C=O) groups is 1. The number of carbonyl (C=O) groups excluding carboxylic acids is 1. The van der Waals surface area contributed by atoms with Crippen molar-refractivity contribution >= 4 is 17.4 Å². The Morgan fingerprint density at radius 1 is 1.35 bits per heavy atom. The van der Waals surface area contributed by atoms with Gasteiger partial charge in [-0.3, -0.25) is 4.79 Å². The summed E-state index contributed by atoms with van der Waals surface area (Å²) in [6, 6.07) is 7.11. The number of rotatable bonds is 3. The molecule has 1 amide bonds. The zero-order valence-electron chi connectivity index (χ0n) is 11.1. The molecule has 0 fully saturated rings. The fraction of sp³-hybridized carbons (Fsp3) is 0.143. The summed E-state index contributed by atoms with van der Waals surface area (Å²) in [5, 5.41) is 2.48. The van der Waals surface area contributed by atoms with Crippen LogP contribution in [0.25, 0.3) is 0 Å². The number of anilines is 2. The number of hydrogen-bond acceptors (Lipinski definition) is 4. The average Bonchev–Trinajstić information content (AvgIpc) is 2.40. The van der Waals surface area contributed by atoms with Crippen molar-refractivity contribution in [2.75, 3.05) is 18.2 Å². The van der Waals surface area contributed by atoms with Gasteiger partial charge in [-0.05, 0) is 31.2 Å². The molecule has 1 heterocycles. The van der Waals surface area contributed by atoms with E-state index in [2.05, 4.69) is 10.3 Å². The van der Waals surface area contributed by atoms with Crippen molar-refractivity contribution in [1.82, 2.24) is 4.98 Å². The second-order valence-corrected chi connectivity index (χ2v) is 4.22. The van der Waals surface area contributed by atoms with E-state index in [0.29, 0.717) is 17.0 Å². The van der Waals surface area contributed by atoms with Crippen LogP contribution in [0.3, 0.4) is 0 Å². The van der Waals surface area contributed by atoms with Crippen LogP contribution < -0.4 is 15.8 Å². The fourth-order valence-electron chi connectivity index (χ4n) is 1.75. The van der Waals surface area contributed by atoms with E-state index in [4.69, 9.17) is 10.5 Å². The summed E-state index contributed by atoms with van der Waals surface area (Å²) in [5.74, 6) is -0.319. The van der Waals surface area contributed by atoms with Gasteiger partial charge in [0.1, 0.15) is 17.4 Å². The number of nitrogens with zero attached hydrogens (tertiary/aromatic N) is 1. The molecule has 20 heavy (non-hydrogen) atoms. The fourth-order valence-corrected chi connectivity index (χ4v) is 1.75. The summed E-state index contributed by atoms with van der Waals surface area (Å²) in [6.45, 7) is 1.72. The van der Waals surface area contributed by atoms with Gasteiger partial charge in [0.15, 0.2) is 0 Å². The van der Waals surface area contributed by atoms with Crippen LogP contribution in [0.4, 0.5) is 15.9 Å². The van der Waals surface area contributed by atoms with Crippen LogP contribution in [0.15, 0.2) is 30.3 Å². The number of aromatic nitrogens is 1. The van der Waals surface area contributed by atoms with Crippen molar-refractivity contribution in [2.45, 2.75) is 6.92 Å². The number of nitrogens with two attached hydrogens (primary N) is 1. The third kappa shape index (κ3) is 3.03. The largest absolute Gasteiger partial charge is 0.497 e. The molecule has 104 valence electrons. The number of hydrogen-bond donors (Lipinski definition) is 2. The maximum atomic E-state index is 13.6. The number of aryl methyl sites for hydroxylation is 1. The number of pyridine rings is 1. The standard InChI is InChI=1S/C14H14FN3O2/c1-8-5-9(6-13(16)17-8)14(19)18-12-7-10(20-2)3-4-11(12)15/h3-7H,1-2H3,(H2,16,17)(H,18,19). The molecule has 0 atom stereocenters. The molecule has 0 bridgehead atoms. The topological polar surface area (TPSA) is 77.2 Å². The molecule has 0 spiro atoms. The third-order valence-corrected chi connectivity index (χ3v) is 2.66. The highest BCUT2D eigenvalue weighted by atomic mass is 19.1. The molecule has 5 nitrogen and oxygen atoms in total. The Labute approximate surface area is 115 Å². The highest BCUT2D eigenvalue weighted by Crippen LogP contribution is 2.22. The molecule has 0 radical (unpaired) electrons. The smallest absolute Gasteiger partial charge is 0.255 e. The van der Waals surface area contributed by atoms with Gasteiger partial charge in [-0.15, -0.1) is 0 Å². The van der Waals surface area contributed by atoms with Crippen LogP contribution in [0, 0.1) is 12.7 Å². The number of nitrogen functional groups attached to an aromatic ring is 1.